The van der Waals surface area contributed by atoms with E-state index in [9.17, 15) is 14.2 Å². The third kappa shape index (κ3) is 2.40. The highest BCUT2D eigenvalue weighted by atomic mass is 31.2. The fourth-order valence-electron chi connectivity index (χ4n) is 2.30. The van der Waals surface area contributed by atoms with Crippen molar-refractivity contribution in [3.63, 3.8) is 0 Å². The van der Waals surface area contributed by atoms with E-state index in [1.807, 2.05) is 0 Å². The zero-order valence-electron chi connectivity index (χ0n) is 10.5. The van der Waals surface area contributed by atoms with Crippen molar-refractivity contribution >= 4 is 19.4 Å². The zero-order chi connectivity index (χ0) is 15.2. The molecule has 0 spiro atoms. The van der Waals surface area contributed by atoms with Crippen molar-refractivity contribution < 1.29 is 28.5 Å². The van der Waals surface area contributed by atoms with Crippen LogP contribution in [0.2, 0.25) is 0 Å². The number of hydrogen-bond donors (Lipinski definition) is 2. The van der Waals surface area contributed by atoms with E-state index >= 15 is 0 Å². The Hall–Kier alpha value is -2.27. The van der Waals surface area contributed by atoms with Gasteiger partial charge >= 0.3 is 7.82 Å². The molecule has 2 aromatic rings. The topological polar surface area (TPSA) is 101 Å². The Morgan fingerprint density at radius 3 is 2.05 bits per heavy atom. The van der Waals surface area contributed by atoms with Crippen LogP contribution in [0.4, 0.5) is 0 Å². The number of hydrogen-bond acceptors (Lipinski definition) is 4. The van der Waals surface area contributed by atoms with Crippen molar-refractivity contribution in [3.8, 4) is 16.9 Å². The van der Waals surface area contributed by atoms with Gasteiger partial charge in [0.15, 0.2) is 0 Å². The quantitative estimate of drug-likeness (QED) is 0.651. The van der Waals surface area contributed by atoms with Crippen molar-refractivity contribution in [2.45, 2.75) is 0 Å². The van der Waals surface area contributed by atoms with Crippen LogP contribution in [0, 0.1) is 0 Å². The van der Waals surface area contributed by atoms with Gasteiger partial charge < -0.3 is 4.52 Å². The summed E-state index contributed by atoms with van der Waals surface area (Å²) >= 11 is 0. The second kappa shape index (κ2) is 4.63. The summed E-state index contributed by atoms with van der Waals surface area (Å²) in [4.78, 5) is 41.7. The summed E-state index contributed by atoms with van der Waals surface area (Å²) in [7, 11) is -4.72. The third-order valence-electron chi connectivity index (χ3n) is 3.13. The van der Waals surface area contributed by atoms with Gasteiger partial charge in [0.05, 0.1) is 0 Å². The van der Waals surface area contributed by atoms with Crippen LogP contribution in [0.5, 0.6) is 5.75 Å². The summed E-state index contributed by atoms with van der Waals surface area (Å²) in [5, 5.41) is 0. The molecule has 0 aromatic heterocycles. The maximum absolute atomic E-state index is 12.1. The van der Waals surface area contributed by atoms with E-state index in [1.54, 1.807) is 24.3 Å². The van der Waals surface area contributed by atoms with Crippen LogP contribution in [0.25, 0.3) is 11.1 Å². The van der Waals surface area contributed by atoms with Gasteiger partial charge in [-0.25, -0.2) is 4.57 Å². The molecular weight excluding hydrogens is 295 g/mol. The van der Waals surface area contributed by atoms with Crippen molar-refractivity contribution in [2.24, 2.45) is 0 Å². The Morgan fingerprint density at radius 2 is 1.38 bits per heavy atom. The molecule has 106 valence electrons. The minimum absolute atomic E-state index is 0.0738. The molecule has 1 aliphatic carbocycles. The predicted octanol–water partition coefficient (Wildman–Crippen LogP) is 2.20. The molecule has 0 amide bonds. The number of carbonyl (C=O) groups excluding carboxylic acids is 2. The molecule has 0 saturated heterocycles. The van der Waals surface area contributed by atoms with Crippen LogP contribution < -0.4 is 4.52 Å². The highest BCUT2D eigenvalue weighted by molar-refractivity contribution is 7.46. The Bertz CT molecular complexity index is 820. The number of Topliss-reactive ketones (excluding diaryl/α,β-unsaturated/α-hetero) is 2. The lowest BCUT2D eigenvalue weighted by Crippen LogP contribution is -2.21. The lowest BCUT2D eigenvalue weighted by molar-refractivity contribution is 0.0815. The Morgan fingerprint density at radius 1 is 0.810 bits per heavy atom. The highest BCUT2D eigenvalue weighted by Gasteiger charge is 2.30. The maximum Gasteiger partial charge on any atom is 0.524 e. The average molecular weight is 304 g/mol. The van der Waals surface area contributed by atoms with Crippen molar-refractivity contribution in [1.29, 1.82) is 0 Å². The summed E-state index contributed by atoms with van der Waals surface area (Å²) in [5.41, 5.74) is 1.54. The van der Waals surface area contributed by atoms with Crippen LogP contribution >= 0.6 is 7.82 Å². The third-order valence-corrected chi connectivity index (χ3v) is 3.58. The van der Waals surface area contributed by atoms with E-state index in [2.05, 4.69) is 4.52 Å². The van der Waals surface area contributed by atoms with E-state index in [1.165, 1.54) is 18.2 Å². The van der Waals surface area contributed by atoms with E-state index in [-0.39, 0.29) is 11.3 Å². The molecule has 0 atom stereocenters. The lowest BCUT2D eigenvalue weighted by Gasteiger charge is -2.18. The van der Waals surface area contributed by atoms with Gasteiger partial charge in [-0.05, 0) is 29.3 Å². The fourth-order valence-corrected chi connectivity index (χ4v) is 2.69. The SMILES string of the molecule is O=C1C(=O)c2cc(OP(=O)(O)O)ccc2-c2ccccc21. The van der Waals surface area contributed by atoms with Crippen molar-refractivity contribution in [2.75, 3.05) is 0 Å². The fraction of sp³-hybridized carbons (Fsp3) is 0. The maximum atomic E-state index is 12.1. The first-order valence-electron chi connectivity index (χ1n) is 5.94. The van der Waals surface area contributed by atoms with Gasteiger partial charge in [0.25, 0.3) is 0 Å². The average Bonchev–Trinajstić information content (AvgIpc) is 2.43. The van der Waals surface area contributed by atoms with Crippen molar-refractivity contribution in [3.05, 3.63) is 53.6 Å². The number of benzene rings is 2. The molecule has 0 heterocycles. The summed E-state index contributed by atoms with van der Waals surface area (Å²) in [6.07, 6.45) is 0. The summed E-state index contributed by atoms with van der Waals surface area (Å²) < 4.78 is 15.3. The van der Waals surface area contributed by atoms with Crippen molar-refractivity contribution in [1.82, 2.24) is 0 Å². The first-order valence-corrected chi connectivity index (χ1v) is 7.47. The zero-order valence-corrected chi connectivity index (χ0v) is 11.4. The standard InChI is InChI=1S/C14H9O6P/c15-13-11-4-2-1-3-9(11)10-6-5-8(20-21(17,18)19)7-12(10)14(13)16/h1-7H,(H2,17,18,19). The predicted molar refractivity (Wildman–Crippen MR) is 73.2 cm³/mol. The second-order valence-electron chi connectivity index (χ2n) is 4.49. The van der Waals surface area contributed by atoms with Gasteiger partial charge in [-0.3, -0.25) is 19.4 Å². The van der Waals surface area contributed by atoms with E-state index in [0.29, 0.717) is 16.7 Å². The van der Waals surface area contributed by atoms with E-state index < -0.39 is 19.4 Å². The number of ketones is 2. The Labute approximate surface area is 119 Å². The minimum atomic E-state index is -4.72. The van der Waals surface area contributed by atoms with E-state index in [0.717, 1.165) is 0 Å². The van der Waals surface area contributed by atoms with Gasteiger partial charge in [-0.2, -0.15) is 0 Å². The lowest BCUT2D eigenvalue weighted by atomic mass is 9.84. The van der Waals surface area contributed by atoms with Gasteiger partial charge in [-0.15, -0.1) is 0 Å². The molecule has 0 bridgehead atoms. The molecule has 2 N–H and O–H groups in total. The van der Waals surface area contributed by atoms with Crippen LogP contribution in [-0.4, -0.2) is 21.4 Å². The molecule has 21 heavy (non-hydrogen) atoms. The molecule has 1 aliphatic rings. The summed E-state index contributed by atoms with van der Waals surface area (Å²) in [6, 6.07) is 10.7. The monoisotopic (exact) mass is 304 g/mol. The molecule has 0 fully saturated rings. The first kappa shape index (κ1) is 13.7. The number of carbonyl (C=O) groups is 2. The number of phosphoric acid groups is 1. The molecule has 6 nitrogen and oxygen atoms in total. The molecule has 0 aliphatic heterocycles. The Balaban J connectivity index is 2.18. The molecule has 7 heteroatoms. The highest BCUT2D eigenvalue weighted by Crippen LogP contribution is 2.41. The van der Waals surface area contributed by atoms with Gasteiger partial charge in [-0.1, -0.05) is 24.3 Å². The number of fused-ring (bicyclic) bond motifs is 3. The molecule has 3 rings (SSSR count). The summed E-state index contributed by atoms with van der Waals surface area (Å²) in [5.74, 6) is -1.53. The molecule has 2 aromatic carbocycles. The normalized spacial score (nSPS) is 13.6. The molecule has 0 radical (unpaired) electrons. The van der Waals surface area contributed by atoms with Crippen LogP contribution in [0.15, 0.2) is 42.5 Å². The number of rotatable bonds is 2. The number of phosphoric ester groups is 1. The second-order valence-corrected chi connectivity index (χ2v) is 5.66. The first-order chi connectivity index (χ1) is 9.87. The summed E-state index contributed by atoms with van der Waals surface area (Å²) in [6.45, 7) is 0. The van der Waals surface area contributed by atoms with Crippen LogP contribution in [-0.2, 0) is 4.57 Å². The molecule has 0 unspecified atom stereocenters. The van der Waals surface area contributed by atoms with Crippen LogP contribution in [0.3, 0.4) is 0 Å². The van der Waals surface area contributed by atoms with Crippen LogP contribution in [0.1, 0.15) is 20.7 Å². The van der Waals surface area contributed by atoms with Gasteiger partial charge in [0.1, 0.15) is 5.75 Å². The molecule has 0 saturated carbocycles. The molecular formula is C14H9O6P. The van der Waals surface area contributed by atoms with Gasteiger partial charge in [0, 0.05) is 11.1 Å². The minimum Gasteiger partial charge on any atom is -0.404 e. The van der Waals surface area contributed by atoms with Gasteiger partial charge in [0.2, 0.25) is 11.6 Å². The van der Waals surface area contributed by atoms with E-state index in [4.69, 9.17) is 9.79 Å². The largest absolute Gasteiger partial charge is 0.524 e. The smallest absolute Gasteiger partial charge is 0.404 e. The Kier molecular flexibility index (Phi) is 3.02.